The van der Waals surface area contributed by atoms with Crippen LogP contribution in [0.3, 0.4) is 0 Å². The molecule has 1 aromatic heterocycles. The third-order valence-corrected chi connectivity index (χ3v) is 6.33. The maximum Gasteiger partial charge on any atom is 0.340 e. The third kappa shape index (κ3) is 5.60. The van der Waals surface area contributed by atoms with E-state index in [9.17, 15) is 18.0 Å². The van der Waals surface area contributed by atoms with Crippen molar-refractivity contribution in [3.8, 4) is 0 Å². The number of nitrogens with one attached hydrogen (secondary N) is 1. The Morgan fingerprint density at radius 1 is 1.21 bits per heavy atom. The molecule has 1 amide bonds. The molecule has 1 fully saturated rings. The average Bonchev–Trinajstić information content (AvgIpc) is 2.73. The van der Waals surface area contributed by atoms with Crippen LogP contribution in [0, 0.1) is 0 Å². The Kier molecular flexibility index (Phi) is 6.96. The number of amides is 1. The van der Waals surface area contributed by atoms with Crippen LogP contribution in [0.5, 0.6) is 0 Å². The fourth-order valence-corrected chi connectivity index (χ4v) is 4.42. The summed E-state index contributed by atoms with van der Waals surface area (Å²) in [5.41, 5.74) is 0.482. The van der Waals surface area contributed by atoms with Gasteiger partial charge in [0.05, 0.1) is 23.7 Å². The second kappa shape index (κ2) is 9.44. The van der Waals surface area contributed by atoms with Crippen molar-refractivity contribution in [2.24, 2.45) is 0 Å². The van der Waals surface area contributed by atoms with Crippen LogP contribution in [0.15, 0.2) is 52.1 Å². The van der Waals surface area contributed by atoms with Gasteiger partial charge in [0, 0.05) is 35.6 Å². The molecule has 0 radical (unpaired) electrons. The number of carbonyl (C=O) groups excluding carboxylic acids is 2. The van der Waals surface area contributed by atoms with E-state index in [1.54, 1.807) is 6.07 Å². The van der Waals surface area contributed by atoms with E-state index in [4.69, 9.17) is 9.47 Å². The lowest BCUT2D eigenvalue weighted by Gasteiger charge is -2.26. The second-order valence-electron chi connectivity index (χ2n) is 6.06. The molecule has 154 valence electrons. The zero-order chi connectivity index (χ0) is 20.9. The van der Waals surface area contributed by atoms with Crippen LogP contribution in [0.25, 0.3) is 0 Å². The van der Waals surface area contributed by atoms with E-state index in [2.05, 4.69) is 26.2 Å². The van der Waals surface area contributed by atoms with E-state index in [0.717, 1.165) is 0 Å². The Morgan fingerprint density at radius 3 is 2.69 bits per heavy atom. The minimum absolute atomic E-state index is 0.0643. The fourth-order valence-electron chi connectivity index (χ4n) is 2.61. The fraction of sp³-hybridized carbons (Fsp3) is 0.278. The average molecular weight is 484 g/mol. The zero-order valence-electron chi connectivity index (χ0n) is 15.2. The van der Waals surface area contributed by atoms with Gasteiger partial charge in [0.1, 0.15) is 0 Å². The number of halogens is 1. The molecule has 29 heavy (non-hydrogen) atoms. The van der Waals surface area contributed by atoms with Crippen molar-refractivity contribution in [1.29, 1.82) is 0 Å². The van der Waals surface area contributed by atoms with E-state index in [1.165, 1.54) is 41.0 Å². The molecule has 1 saturated heterocycles. The predicted molar refractivity (Wildman–Crippen MR) is 107 cm³/mol. The van der Waals surface area contributed by atoms with Gasteiger partial charge in [-0.3, -0.25) is 9.78 Å². The number of carbonyl (C=O) groups is 2. The molecular weight excluding hydrogens is 466 g/mol. The maximum atomic E-state index is 12.7. The number of rotatable bonds is 6. The lowest BCUT2D eigenvalue weighted by molar-refractivity contribution is -0.119. The van der Waals surface area contributed by atoms with Gasteiger partial charge in [-0.05, 0) is 40.2 Å². The molecule has 3 rings (SSSR count). The quantitative estimate of drug-likeness (QED) is 0.621. The highest BCUT2D eigenvalue weighted by Gasteiger charge is 2.26. The Labute approximate surface area is 176 Å². The highest BCUT2D eigenvalue weighted by molar-refractivity contribution is 9.10. The van der Waals surface area contributed by atoms with Gasteiger partial charge in [0.15, 0.2) is 6.61 Å². The summed E-state index contributed by atoms with van der Waals surface area (Å²) in [4.78, 5) is 28.0. The van der Waals surface area contributed by atoms with Crippen LogP contribution in [0.2, 0.25) is 0 Å². The van der Waals surface area contributed by atoms with Gasteiger partial charge in [-0.1, -0.05) is 6.07 Å². The normalized spacial score (nSPS) is 14.9. The first kappa shape index (κ1) is 21.4. The van der Waals surface area contributed by atoms with Gasteiger partial charge in [0.25, 0.3) is 5.91 Å². The smallest absolute Gasteiger partial charge is 0.340 e. The van der Waals surface area contributed by atoms with Crippen molar-refractivity contribution in [3.05, 3.63) is 52.8 Å². The van der Waals surface area contributed by atoms with Gasteiger partial charge in [-0.25, -0.2) is 13.2 Å². The highest BCUT2D eigenvalue weighted by atomic mass is 79.9. The number of hydrogen-bond acceptors (Lipinski definition) is 7. The first-order valence-electron chi connectivity index (χ1n) is 8.62. The van der Waals surface area contributed by atoms with Crippen LogP contribution >= 0.6 is 15.9 Å². The number of anilines is 1. The van der Waals surface area contributed by atoms with Crippen molar-refractivity contribution in [2.45, 2.75) is 4.90 Å². The molecule has 11 heteroatoms. The summed E-state index contributed by atoms with van der Waals surface area (Å²) in [5.74, 6) is -1.29. The molecule has 1 N–H and O–H groups in total. The van der Waals surface area contributed by atoms with E-state index in [-0.39, 0.29) is 29.2 Å². The lowest BCUT2D eigenvalue weighted by atomic mass is 10.3. The summed E-state index contributed by atoms with van der Waals surface area (Å²) in [6.07, 6.45) is 2.84. The number of aromatic nitrogens is 1. The maximum absolute atomic E-state index is 12.7. The molecule has 0 atom stereocenters. The molecule has 2 heterocycles. The van der Waals surface area contributed by atoms with Crippen molar-refractivity contribution in [2.75, 3.05) is 38.2 Å². The molecule has 1 aliphatic rings. The van der Waals surface area contributed by atoms with Gasteiger partial charge in [-0.15, -0.1) is 0 Å². The van der Waals surface area contributed by atoms with Crippen LogP contribution in [-0.2, 0) is 24.3 Å². The molecule has 0 saturated carbocycles. The Morgan fingerprint density at radius 2 is 1.97 bits per heavy atom. The van der Waals surface area contributed by atoms with Gasteiger partial charge in [-0.2, -0.15) is 4.31 Å². The molecule has 2 aromatic rings. The van der Waals surface area contributed by atoms with E-state index in [0.29, 0.717) is 17.7 Å². The number of ether oxygens (including phenoxy) is 2. The first-order valence-corrected chi connectivity index (χ1v) is 10.8. The topological polar surface area (TPSA) is 115 Å². The summed E-state index contributed by atoms with van der Waals surface area (Å²) in [5, 5.41) is 2.53. The summed E-state index contributed by atoms with van der Waals surface area (Å²) in [7, 11) is -3.68. The standard InChI is InChI=1S/C18H18BrN3O6S/c19-14-8-13(10-20-11-14)18(24)28-12-17(23)21-15-2-1-3-16(9-15)29(25,26)22-4-6-27-7-5-22/h1-3,8-11H,4-7,12H2,(H,21,23). The van der Waals surface area contributed by atoms with Crippen molar-refractivity contribution in [3.63, 3.8) is 0 Å². The Bertz CT molecular complexity index is 1010. The van der Waals surface area contributed by atoms with Crippen molar-refractivity contribution >= 4 is 43.5 Å². The highest BCUT2D eigenvalue weighted by Crippen LogP contribution is 2.20. The van der Waals surface area contributed by atoms with Crippen LogP contribution < -0.4 is 5.32 Å². The monoisotopic (exact) mass is 483 g/mol. The van der Waals surface area contributed by atoms with Gasteiger partial charge >= 0.3 is 5.97 Å². The predicted octanol–water partition coefficient (Wildman–Crippen LogP) is 1.66. The van der Waals surface area contributed by atoms with E-state index in [1.807, 2.05) is 0 Å². The Hall–Kier alpha value is -2.34. The lowest BCUT2D eigenvalue weighted by Crippen LogP contribution is -2.40. The summed E-state index contributed by atoms with van der Waals surface area (Å²) >= 11 is 3.20. The van der Waals surface area contributed by atoms with E-state index < -0.39 is 28.5 Å². The minimum Gasteiger partial charge on any atom is -0.452 e. The second-order valence-corrected chi connectivity index (χ2v) is 8.91. The minimum atomic E-state index is -3.68. The summed E-state index contributed by atoms with van der Waals surface area (Å²) in [6, 6.07) is 7.43. The van der Waals surface area contributed by atoms with Crippen molar-refractivity contribution < 1.29 is 27.5 Å². The summed E-state index contributed by atoms with van der Waals surface area (Å²) in [6.45, 7) is 0.716. The molecule has 0 aliphatic carbocycles. The molecule has 0 bridgehead atoms. The number of pyridine rings is 1. The molecular formula is C18H18BrN3O6S. The zero-order valence-corrected chi connectivity index (χ0v) is 17.6. The van der Waals surface area contributed by atoms with Gasteiger partial charge < -0.3 is 14.8 Å². The third-order valence-electron chi connectivity index (χ3n) is 4.00. The molecule has 1 aromatic carbocycles. The summed E-state index contributed by atoms with van der Waals surface area (Å²) < 4.78 is 37.5. The van der Waals surface area contributed by atoms with E-state index >= 15 is 0 Å². The number of esters is 1. The molecule has 0 unspecified atom stereocenters. The number of nitrogens with zero attached hydrogens (tertiary/aromatic N) is 2. The number of benzene rings is 1. The largest absolute Gasteiger partial charge is 0.452 e. The van der Waals surface area contributed by atoms with Gasteiger partial charge in [0.2, 0.25) is 10.0 Å². The molecule has 1 aliphatic heterocycles. The molecule has 0 spiro atoms. The molecule has 9 nitrogen and oxygen atoms in total. The number of sulfonamides is 1. The van der Waals surface area contributed by atoms with Crippen molar-refractivity contribution in [1.82, 2.24) is 9.29 Å². The number of hydrogen-bond donors (Lipinski definition) is 1. The van der Waals surface area contributed by atoms with Crippen LogP contribution in [0.1, 0.15) is 10.4 Å². The van der Waals surface area contributed by atoms with Crippen LogP contribution in [-0.4, -0.2) is 62.5 Å². The number of morpholine rings is 1. The SMILES string of the molecule is O=C(COC(=O)c1cncc(Br)c1)Nc1cccc(S(=O)(=O)N2CCOCC2)c1. The van der Waals surface area contributed by atoms with Crippen LogP contribution in [0.4, 0.5) is 5.69 Å². The Balaban J connectivity index is 1.61. The first-order chi connectivity index (χ1) is 13.9.